The molecular formula is C4H14N2O2. The lowest BCUT2D eigenvalue weighted by molar-refractivity contribution is 0.176. The van der Waals surface area contributed by atoms with Crippen LogP contribution in [0.5, 0.6) is 0 Å². The van der Waals surface area contributed by atoms with Gasteiger partial charge in [-0.2, -0.15) is 0 Å². The first kappa shape index (κ1) is 10.8. The summed E-state index contributed by atoms with van der Waals surface area (Å²) in [6, 6.07) is 0. The molecular weight excluding hydrogens is 108 g/mol. The molecule has 52 valence electrons. The zero-order valence-corrected chi connectivity index (χ0v) is 5.35. The van der Waals surface area contributed by atoms with Gasteiger partial charge in [0, 0.05) is 20.9 Å². The third-order valence-corrected chi connectivity index (χ3v) is 0.391. The van der Waals surface area contributed by atoms with Gasteiger partial charge in [-0.15, -0.1) is 0 Å². The molecule has 0 bridgehead atoms. The Kier molecular flexibility index (Phi) is 21.3. The van der Waals surface area contributed by atoms with E-state index in [1.54, 1.807) is 7.11 Å². The van der Waals surface area contributed by atoms with Crippen LogP contribution >= 0.6 is 0 Å². The molecule has 0 heterocycles. The first-order chi connectivity index (χ1) is 3.91. The van der Waals surface area contributed by atoms with Gasteiger partial charge in [0.1, 0.15) is 0 Å². The molecule has 0 fully saturated rings. The number of methoxy groups -OCH3 is 1. The van der Waals surface area contributed by atoms with Crippen LogP contribution in [0.25, 0.3) is 0 Å². The summed E-state index contributed by atoms with van der Waals surface area (Å²) < 4.78 is 4.59. The van der Waals surface area contributed by atoms with Crippen molar-refractivity contribution in [3.63, 3.8) is 0 Å². The smallest absolute Gasteiger partial charge is 0.0971 e. The highest BCUT2D eigenvalue weighted by molar-refractivity contribution is 4.21. The van der Waals surface area contributed by atoms with E-state index in [9.17, 15) is 0 Å². The Morgan fingerprint density at radius 3 is 2.25 bits per heavy atom. The van der Waals surface area contributed by atoms with E-state index in [1.165, 1.54) is 0 Å². The van der Waals surface area contributed by atoms with Gasteiger partial charge in [0.05, 0.1) is 6.73 Å². The molecule has 0 aliphatic carbocycles. The van der Waals surface area contributed by atoms with Gasteiger partial charge < -0.3 is 15.6 Å². The number of nitrogens with two attached hydrogens (primary N) is 1. The fourth-order valence-electron chi connectivity index (χ4n) is 0.161. The molecule has 0 atom stereocenters. The van der Waals surface area contributed by atoms with Crippen molar-refractivity contribution in [3.05, 3.63) is 0 Å². The quantitative estimate of drug-likeness (QED) is 0.321. The summed E-state index contributed by atoms with van der Waals surface area (Å²) in [7, 11) is 2.61. The Hall–Kier alpha value is -0.160. The molecule has 0 aromatic heterocycles. The maximum atomic E-state index is 7.00. The molecule has 4 nitrogen and oxygen atoms in total. The first-order valence-electron chi connectivity index (χ1n) is 2.26. The molecule has 0 spiro atoms. The average molecular weight is 122 g/mol. The third kappa shape index (κ3) is 17.0. The lowest BCUT2D eigenvalue weighted by atomic mass is 11.0. The minimum Gasteiger partial charge on any atom is -0.400 e. The van der Waals surface area contributed by atoms with Crippen LogP contribution in [-0.4, -0.2) is 32.7 Å². The monoisotopic (exact) mass is 122 g/mol. The summed E-state index contributed by atoms with van der Waals surface area (Å²) in [6.07, 6.45) is 0. The predicted molar refractivity (Wildman–Crippen MR) is 32.2 cm³/mol. The molecule has 0 aliphatic heterocycles. The van der Waals surface area contributed by atoms with Gasteiger partial charge in [-0.1, -0.05) is 0 Å². The Bertz CT molecular complexity index is 24.0. The SMILES string of the molecule is CO.COCNCN. The lowest BCUT2D eigenvalue weighted by Crippen LogP contribution is -2.23. The largest absolute Gasteiger partial charge is 0.400 e. The van der Waals surface area contributed by atoms with Gasteiger partial charge in [-0.05, 0) is 0 Å². The molecule has 0 rings (SSSR count). The summed E-state index contributed by atoms with van der Waals surface area (Å²) >= 11 is 0. The number of rotatable bonds is 3. The van der Waals surface area contributed by atoms with E-state index in [0.29, 0.717) is 13.4 Å². The molecule has 4 heteroatoms. The van der Waals surface area contributed by atoms with Gasteiger partial charge >= 0.3 is 0 Å². The number of aliphatic hydroxyl groups is 1. The van der Waals surface area contributed by atoms with Gasteiger partial charge in [-0.3, -0.25) is 5.32 Å². The van der Waals surface area contributed by atoms with Crippen molar-refractivity contribution in [3.8, 4) is 0 Å². The molecule has 0 radical (unpaired) electrons. The number of nitrogens with one attached hydrogen (secondary N) is 1. The minimum absolute atomic E-state index is 0.480. The summed E-state index contributed by atoms with van der Waals surface area (Å²) in [5, 5.41) is 9.75. The fraction of sp³-hybridized carbons (Fsp3) is 1.00. The van der Waals surface area contributed by atoms with Crippen LogP contribution in [0.2, 0.25) is 0 Å². The van der Waals surface area contributed by atoms with Gasteiger partial charge in [0.2, 0.25) is 0 Å². The Morgan fingerprint density at radius 1 is 1.62 bits per heavy atom. The molecule has 0 amide bonds. The van der Waals surface area contributed by atoms with Crippen LogP contribution in [0.15, 0.2) is 0 Å². The zero-order valence-electron chi connectivity index (χ0n) is 5.35. The molecule has 0 unspecified atom stereocenters. The van der Waals surface area contributed by atoms with Gasteiger partial charge in [0.15, 0.2) is 0 Å². The number of ether oxygens (including phenoxy) is 1. The summed E-state index contributed by atoms with van der Waals surface area (Å²) in [4.78, 5) is 0. The number of aliphatic hydroxyl groups excluding tert-OH is 1. The van der Waals surface area contributed by atoms with Crippen molar-refractivity contribution in [1.29, 1.82) is 0 Å². The van der Waals surface area contributed by atoms with Crippen LogP contribution in [0.4, 0.5) is 0 Å². The van der Waals surface area contributed by atoms with E-state index in [1.807, 2.05) is 0 Å². The standard InChI is InChI=1S/C3H10N2O.CH4O/c1-6-3-5-2-4;1-2/h5H,2-4H2,1H3;2H,1H3. The molecule has 0 saturated carbocycles. The zero-order chi connectivity index (χ0) is 6.83. The predicted octanol–water partition coefficient (Wildman–Crippen LogP) is -1.30. The third-order valence-electron chi connectivity index (χ3n) is 0.391. The van der Waals surface area contributed by atoms with Crippen LogP contribution in [0.1, 0.15) is 0 Å². The Labute approximate surface area is 49.6 Å². The van der Waals surface area contributed by atoms with Gasteiger partial charge in [0.25, 0.3) is 0 Å². The Morgan fingerprint density at radius 2 is 2.12 bits per heavy atom. The molecule has 0 aromatic rings. The highest BCUT2D eigenvalue weighted by Gasteiger charge is 1.69. The highest BCUT2D eigenvalue weighted by Crippen LogP contribution is 1.50. The van der Waals surface area contributed by atoms with Crippen molar-refractivity contribution < 1.29 is 9.84 Å². The average Bonchev–Trinajstić information content (AvgIpc) is 1.88. The molecule has 8 heavy (non-hydrogen) atoms. The van der Waals surface area contributed by atoms with Crippen LogP contribution in [0.3, 0.4) is 0 Å². The number of hydrogen-bond donors (Lipinski definition) is 3. The molecule has 0 aromatic carbocycles. The van der Waals surface area contributed by atoms with E-state index in [2.05, 4.69) is 10.1 Å². The highest BCUT2D eigenvalue weighted by atomic mass is 16.5. The van der Waals surface area contributed by atoms with Crippen molar-refractivity contribution in [2.75, 3.05) is 27.6 Å². The summed E-state index contributed by atoms with van der Waals surface area (Å²) in [6.45, 7) is 1.02. The van der Waals surface area contributed by atoms with Crippen LogP contribution in [0, 0.1) is 0 Å². The molecule has 0 aliphatic rings. The molecule has 0 saturated heterocycles. The summed E-state index contributed by atoms with van der Waals surface area (Å²) in [5.74, 6) is 0. The lowest BCUT2D eigenvalue weighted by Gasteiger charge is -1.93. The van der Waals surface area contributed by atoms with Crippen molar-refractivity contribution in [1.82, 2.24) is 5.32 Å². The minimum atomic E-state index is 0.480. The second kappa shape index (κ2) is 15.8. The van der Waals surface area contributed by atoms with Crippen molar-refractivity contribution >= 4 is 0 Å². The normalized spacial score (nSPS) is 7.50. The van der Waals surface area contributed by atoms with E-state index in [0.717, 1.165) is 7.11 Å². The van der Waals surface area contributed by atoms with Crippen LogP contribution < -0.4 is 11.1 Å². The van der Waals surface area contributed by atoms with E-state index < -0.39 is 0 Å². The van der Waals surface area contributed by atoms with Crippen LogP contribution in [-0.2, 0) is 4.74 Å². The maximum Gasteiger partial charge on any atom is 0.0971 e. The van der Waals surface area contributed by atoms with Crippen molar-refractivity contribution in [2.45, 2.75) is 0 Å². The summed E-state index contributed by atoms with van der Waals surface area (Å²) in [5.41, 5.74) is 5.02. The second-order valence-corrected chi connectivity index (χ2v) is 0.887. The molecule has 4 N–H and O–H groups in total. The van der Waals surface area contributed by atoms with Gasteiger partial charge in [-0.25, -0.2) is 0 Å². The van der Waals surface area contributed by atoms with E-state index in [4.69, 9.17) is 10.8 Å². The van der Waals surface area contributed by atoms with E-state index >= 15 is 0 Å². The van der Waals surface area contributed by atoms with Crippen molar-refractivity contribution in [2.24, 2.45) is 5.73 Å². The first-order valence-corrected chi connectivity index (χ1v) is 2.26. The maximum absolute atomic E-state index is 7.00. The Balaban J connectivity index is 0. The van der Waals surface area contributed by atoms with E-state index in [-0.39, 0.29) is 0 Å². The fourth-order valence-corrected chi connectivity index (χ4v) is 0.161. The number of hydrogen-bond acceptors (Lipinski definition) is 4. The topological polar surface area (TPSA) is 67.5 Å². The second-order valence-electron chi connectivity index (χ2n) is 0.887.